The highest BCUT2D eigenvalue weighted by molar-refractivity contribution is 7.47. The average molecular weight is 780 g/mol. The molecule has 0 saturated carbocycles. The van der Waals surface area contributed by atoms with Gasteiger partial charge in [0.15, 0.2) is 30.0 Å². The van der Waals surface area contributed by atoms with Crippen molar-refractivity contribution in [1.82, 2.24) is 34.0 Å². The highest BCUT2D eigenvalue weighted by Gasteiger charge is 2.53. The third-order valence-electron chi connectivity index (χ3n) is 8.26. The maximum absolute atomic E-state index is 13.3. The summed E-state index contributed by atoms with van der Waals surface area (Å²) in [7, 11) is -10.5. The molecular formula is C24H31N9O17P2. The van der Waals surface area contributed by atoms with E-state index in [1.165, 1.54) is 10.9 Å². The molecule has 3 saturated heterocycles. The fourth-order valence-electron chi connectivity index (χ4n) is 5.71. The van der Waals surface area contributed by atoms with Gasteiger partial charge in [0.05, 0.1) is 19.5 Å². The molecule has 3 fully saturated rings. The number of phosphoric ester groups is 2. The van der Waals surface area contributed by atoms with Gasteiger partial charge in [0.25, 0.3) is 0 Å². The van der Waals surface area contributed by atoms with Crippen LogP contribution < -0.4 is 17.2 Å². The summed E-state index contributed by atoms with van der Waals surface area (Å²) in [6.45, 7) is -1.93. The lowest BCUT2D eigenvalue weighted by atomic mass is 10.0. The van der Waals surface area contributed by atoms with Crippen molar-refractivity contribution in [1.29, 1.82) is 0 Å². The van der Waals surface area contributed by atoms with Crippen molar-refractivity contribution in [2.45, 2.75) is 61.5 Å². The fourth-order valence-corrected chi connectivity index (χ4v) is 7.02. The Morgan fingerprint density at radius 1 is 0.962 bits per heavy atom. The number of ether oxygens (including phenoxy) is 3. The number of imidazole rings is 1. The molecule has 3 aromatic heterocycles. The number of carbonyl (C=O) groups is 2. The standard InChI is InChI=1S/C24H31N9O17P2/c25-12-2-4-32(23(37)30-12)20-15(35)17(11(48-20)5-45-51(40,41)42)50-52(43,44)46-6-10-16(49-22(36)9-1-3-31(9)24(38)39)14(34)21(47-10)33-8-29-13-18(26)27-7-28-19(13)33/h2,4,7-11,14-17,20-21,34-35H,1,3,5-6H2,(H,38,39)(H,43,44)(H2,25,30,37)(H2,26,27,28)(H2,40,41,42)/t9-,10+,11+,14+,15+,16+,17+,20+,21+/m0/s1. The molecule has 1 amide bonds. The first kappa shape index (κ1) is 37.6. The molecule has 3 aromatic rings. The number of nitrogen functional groups attached to an aromatic ring is 2. The number of amides is 1. The predicted molar refractivity (Wildman–Crippen MR) is 164 cm³/mol. The molecule has 6 heterocycles. The third kappa shape index (κ3) is 7.64. The van der Waals surface area contributed by atoms with Crippen molar-refractivity contribution in [2.24, 2.45) is 0 Å². The molecule has 3 aliphatic rings. The lowest BCUT2D eigenvalue weighted by molar-refractivity contribution is -0.166. The lowest BCUT2D eigenvalue weighted by Crippen LogP contribution is -2.56. The van der Waals surface area contributed by atoms with Crippen molar-refractivity contribution < 1.29 is 76.5 Å². The van der Waals surface area contributed by atoms with Crippen LogP contribution in [0.2, 0.25) is 0 Å². The fraction of sp³-hybridized carbons (Fsp3) is 0.542. The van der Waals surface area contributed by atoms with E-state index in [0.29, 0.717) is 0 Å². The first-order chi connectivity index (χ1) is 24.4. The van der Waals surface area contributed by atoms with Gasteiger partial charge in [-0.25, -0.2) is 38.5 Å². The molecule has 6 rings (SSSR count). The Labute approximate surface area is 289 Å². The molecule has 0 bridgehead atoms. The van der Waals surface area contributed by atoms with Crippen molar-refractivity contribution in [3.05, 3.63) is 35.4 Å². The van der Waals surface area contributed by atoms with Crippen LogP contribution in [0.15, 0.2) is 29.7 Å². The van der Waals surface area contributed by atoms with E-state index in [9.17, 15) is 53.5 Å². The molecule has 10 N–H and O–H groups in total. The van der Waals surface area contributed by atoms with Crippen molar-refractivity contribution in [3.8, 4) is 0 Å². The summed E-state index contributed by atoms with van der Waals surface area (Å²) in [5.41, 5.74) is 10.5. The van der Waals surface area contributed by atoms with Crippen LogP contribution >= 0.6 is 15.6 Å². The van der Waals surface area contributed by atoms with Crippen LogP contribution in [-0.2, 0) is 41.7 Å². The first-order valence-electron chi connectivity index (χ1n) is 14.9. The molecule has 52 heavy (non-hydrogen) atoms. The van der Waals surface area contributed by atoms with Crippen LogP contribution in [0.3, 0.4) is 0 Å². The summed E-state index contributed by atoms with van der Waals surface area (Å²) >= 11 is 0. The number of fused-ring (bicyclic) bond motifs is 1. The molecule has 10 atom stereocenters. The minimum Gasteiger partial charge on any atom is -0.465 e. The predicted octanol–water partition coefficient (Wildman–Crippen LogP) is -2.96. The Kier molecular flexibility index (Phi) is 10.4. The second kappa shape index (κ2) is 14.3. The Balaban J connectivity index is 1.22. The van der Waals surface area contributed by atoms with Crippen molar-refractivity contribution >= 4 is 50.5 Å². The zero-order valence-electron chi connectivity index (χ0n) is 26.2. The minimum absolute atomic E-state index is 0.0152. The molecule has 26 nitrogen and oxygen atoms in total. The number of likely N-dealkylation sites (tertiary alicyclic amines) is 1. The molecule has 3 aliphatic heterocycles. The summed E-state index contributed by atoms with van der Waals surface area (Å²) in [5.74, 6) is -1.26. The van der Waals surface area contributed by atoms with Gasteiger partial charge >= 0.3 is 33.4 Å². The number of nitrogens with two attached hydrogens (primary N) is 2. The van der Waals surface area contributed by atoms with Gasteiger partial charge in [-0.1, -0.05) is 0 Å². The topological polar surface area (TPSA) is 379 Å². The van der Waals surface area contributed by atoms with E-state index < -0.39 is 102 Å². The number of carboxylic acid groups (broad SMARTS) is 1. The molecule has 0 radical (unpaired) electrons. The molecular weight excluding hydrogens is 748 g/mol. The van der Waals surface area contributed by atoms with Crippen molar-refractivity contribution in [2.75, 3.05) is 31.2 Å². The van der Waals surface area contributed by atoms with Gasteiger partial charge in [0.2, 0.25) is 0 Å². The summed E-state index contributed by atoms with van der Waals surface area (Å²) in [4.78, 5) is 82.3. The molecule has 28 heteroatoms. The molecule has 284 valence electrons. The van der Waals surface area contributed by atoms with Gasteiger partial charge in [-0.15, -0.1) is 0 Å². The van der Waals surface area contributed by atoms with E-state index in [1.807, 2.05) is 0 Å². The van der Waals surface area contributed by atoms with E-state index in [0.717, 1.165) is 28.1 Å². The molecule has 0 aliphatic carbocycles. The summed E-state index contributed by atoms with van der Waals surface area (Å²) in [6, 6.07) is -0.0510. The lowest BCUT2D eigenvalue weighted by Gasteiger charge is -2.37. The maximum atomic E-state index is 13.3. The number of esters is 1. The van der Waals surface area contributed by atoms with Crippen LogP contribution in [-0.4, -0.2) is 138 Å². The van der Waals surface area contributed by atoms with Crippen molar-refractivity contribution in [3.63, 3.8) is 0 Å². The quantitative estimate of drug-likeness (QED) is 0.0672. The number of hydrogen-bond donors (Lipinski definition) is 8. The molecule has 0 spiro atoms. The Morgan fingerprint density at radius 3 is 2.25 bits per heavy atom. The Morgan fingerprint density at radius 2 is 1.62 bits per heavy atom. The minimum atomic E-state index is -5.37. The molecule has 1 unspecified atom stereocenters. The number of hydrogen-bond acceptors (Lipinski definition) is 19. The Hall–Kier alpha value is -4.17. The summed E-state index contributed by atoms with van der Waals surface area (Å²) in [6.07, 6.45) is -11.6. The van der Waals surface area contributed by atoms with Crippen LogP contribution in [0.25, 0.3) is 11.2 Å². The number of anilines is 2. The van der Waals surface area contributed by atoms with Gasteiger partial charge in [0.1, 0.15) is 54.2 Å². The Bertz CT molecular complexity index is 1990. The van der Waals surface area contributed by atoms with Gasteiger partial charge in [-0.3, -0.25) is 27.6 Å². The monoisotopic (exact) mass is 779 g/mol. The SMILES string of the molecule is Nc1ccn([C@@H]2O[C@H](COP(=O)(O)O)[C@@H](OP(=O)(O)OC[C@H]3O[C@@H](n4cnc5c(N)ncnc54)[C@H](O)[C@@H]3OC(=O)[C@@H]3CCN3C(=O)O)[C@H]2O)c(=O)n1. The molecule has 0 aromatic carbocycles. The smallest absolute Gasteiger partial charge is 0.465 e. The van der Waals surface area contributed by atoms with Crippen LogP contribution in [0.1, 0.15) is 18.9 Å². The van der Waals surface area contributed by atoms with Crippen LogP contribution in [0, 0.1) is 0 Å². The van der Waals surface area contributed by atoms with E-state index in [4.69, 9.17) is 34.7 Å². The number of aliphatic hydroxyl groups is 2. The number of nitrogens with zero attached hydrogens (tertiary/aromatic N) is 7. The van der Waals surface area contributed by atoms with Crippen LogP contribution in [0.5, 0.6) is 0 Å². The second-order valence-electron chi connectivity index (χ2n) is 11.5. The van der Waals surface area contributed by atoms with Gasteiger partial charge in [0, 0.05) is 12.7 Å². The van der Waals surface area contributed by atoms with Gasteiger partial charge in [-0.2, -0.15) is 4.98 Å². The largest absolute Gasteiger partial charge is 0.472 e. The number of carbonyl (C=O) groups excluding carboxylic acids is 1. The average Bonchev–Trinajstić information content (AvgIpc) is 3.68. The maximum Gasteiger partial charge on any atom is 0.472 e. The second-order valence-corrected chi connectivity index (χ2v) is 14.2. The highest BCUT2D eigenvalue weighted by atomic mass is 31.2. The number of rotatable bonds is 12. The highest BCUT2D eigenvalue weighted by Crippen LogP contribution is 2.50. The third-order valence-corrected chi connectivity index (χ3v) is 9.73. The summed E-state index contributed by atoms with van der Waals surface area (Å²) in [5, 5.41) is 31.6. The van der Waals surface area contributed by atoms with E-state index in [2.05, 4.69) is 24.5 Å². The number of aromatic nitrogens is 6. The zero-order chi connectivity index (χ0) is 37.7. The van der Waals surface area contributed by atoms with Gasteiger partial charge in [-0.05, 0) is 12.5 Å². The zero-order valence-corrected chi connectivity index (χ0v) is 28.0. The number of aliphatic hydroxyl groups excluding tert-OH is 2. The van der Waals surface area contributed by atoms with E-state index >= 15 is 0 Å². The van der Waals surface area contributed by atoms with E-state index in [1.54, 1.807) is 0 Å². The van der Waals surface area contributed by atoms with Gasteiger partial charge < -0.3 is 55.7 Å². The van der Waals surface area contributed by atoms with Crippen LogP contribution in [0.4, 0.5) is 16.4 Å². The summed E-state index contributed by atoms with van der Waals surface area (Å²) < 4.78 is 58.2. The first-order valence-corrected chi connectivity index (χ1v) is 18.0. The van der Waals surface area contributed by atoms with E-state index in [-0.39, 0.29) is 35.8 Å². The normalized spacial score (nSPS) is 30.2. The number of phosphoric acid groups is 2.